The van der Waals surface area contributed by atoms with Crippen molar-refractivity contribution in [2.24, 2.45) is 11.3 Å². The normalized spacial score (nSPS) is 21.3. The highest BCUT2D eigenvalue weighted by molar-refractivity contribution is 6.30. The Morgan fingerprint density at radius 3 is 2.50 bits per heavy atom. The second-order valence-corrected chi connectivity index (χ2v) is 11.9. The maximum atomic E-state index is 14.9. The molecule has 0 unspecified atom stereocenters. The van der Waals surface area contributed by atoms with E-state index in [1.54, 1.807) is 21.9 Å². The zero-order valence-corrected chi connectivity index (χ0v) is 22.0. The molecular formula is C26H25ClF5N7O. The molecule has 5 heterocycles. The Labute approximate surface area is 231 Å². The number of aromatic nitrogens is 5. The van der Waals surface area contributed by atoms with Crippen LogP contribution in [0.4, 0.5) is 27.9 Å². The minimum Gasteiger partial charge on any atom is -0.380 e. The zero-order valence-electron chi connectivity index (χ0n) is 21.2. The van der Waals surface area contributed by atoms with Crippen LogP contribution in [0, 0.1) is 11.3 Å². The smallest absolute Gasteiger partial charge is 0.380 e. The number of ether oxygens (including phenoxy) is 1. The van der Waals surface area contributed by atoms with Gasteiger partial charge in [0.2, 0.25) is 5.95 Å². The first-order chi connectivity index (χ1) is 19.0. The largest absolute Gasteiger partial charge is 0.433 e. The Morgan fingerprint density at radius 2 is 1.80 bits per heavy atom. The third kappa shape index (κ3) is 4.42. The van der Waals surface area contributed by atoms with E-state index in [4.69, 9.17) is 16.3 Å². The quantitative estimate of drug-likeness (QED) is 0.404. The Kier molecular flexibility index (Phi) is 5.89. The van der Waals surface area contributed by atoms with Crippen LogP contribution in [0.5, 0.6) is 0 Å². The van der Waals surface area contributed by atoms with Crippen molar-refractivity contribution in [2.75, 3.05) is 37.7 Å². The third-order valence-corrected chi connectivity index (χ3v) is 8.69. The Morgan fingerprint density at radius 1 is 1.02 bits per heavy atom. The number of nitrogens with zero attached hydrogens (tertiary/aromatic N) is 7. The summed E-state index contributed by atoms with van der Waals surface area (Å²) in [5, 5.41) is 9.44. The summed E-state index contributed by atoms with van der Waals surface area (Å²) in [5.41, 5.74) is 0.633. The van der Waals surface area contributed by atoms with E-state index < -0.39 is 30.3 Å². The summed E-state index contributed by atoms with van der Waals surface area (Å²) in [5.74, 6) is -2.18. The minimum atomic E-state index is -4.52. The van der Waals surface area contributed by atoms with Crippen molar-refractivity contribution in [2.45, 2.75) is 43.9 Å². The number of hydrogen-bond donors (Lipinski definition) is 0. The second-order valence-electron chi connectivity index (χ2n) is 11.4. The van der Waals surface area contributed by atoms with Gasteiger partial charge in [0.1, 0.15) is 11.5 Å². The lowest BCUT2D eigenvalue weighted by atomic mass is 9.57. The number of halogens is 6. The highest BCUT2D eigenvalue weighted by Gasteiger charge is 2.55. The molecule has 212 valence electrons. The molecule has 0 radical (unpaired) electrons. The van der Waals surface area contributed by atoms with E-state index >= 15 is 0 Å². The number of alkyl halides is 5. The van der Waals surface area contributed by atoms with Crippen LogP contribution in [0.1, 0.15) is 41.7 Å². The predicted molar refractivity (Wildman–Crippen MR) is 133 cm³/mol. The van der Waals surface area contributed by atoms with Gasteiger partial charge in [-0.3, -0.25) is 9.47 Å². The first-order valence-electron chi connectivity index (χ1n) is 13.1. The third-order valence-electron chi connectivity index (χ3n) is 8.46. The molecule has 0 bridgehead atoms. The fourth-order valence-electron chi connectivity index (χ4n) is 6.36. The first kappa shape index (κ1) is 26.0. The molecule has 0 amide bonds. The van der Waals surface area contributed by atoms with Crippen LogP contribution in [0.15, 0.2) is 30.5 Å². The van der Waals surface area contributed by atoms with Gasteiger partial charge in [-0.05, 0) is 42.7 Å². The van der Waals surface area contributed by atoms with Crippen molar-refractivity contribution in [3.05, 3.63) is 58.4 Å². The van der Waals surface area contributed by atoms with E-state index in [0.717, 1.165) is 42.2 Å². The molecule has 0 atom stereocenters. The molecule has 7 rings (SSSR count). The Balaban J connectivity index is 1.10. The van der Waals surface area contributed by atoms with Gasteiger partial charge in [-0.1, -0.05) is 11.6 Å². The Hall–Kier alpha value is -2.90. The van der Waals surface area contributed by atoms with Crippen molar-refractivity contribution in [1.82, 2.24) is 29.6 Å². The van der Waals surface area contributed by atoms with Crippen LogP contribution in [-0.2, 0) is 24.0 Å². The maximum absolute atomic E-state index is 14.9. The van der Waals surface area contributed by atoms with Gasteiger partial charge in [0.15, 0.2) is 5.82 Å². The van der Waals surface area contributed by atoms with Gasteiger partial charge in [-0.25, -0.2) is 18.7 Å². The van der Waals surface area contributed by atoms with Gasteiger partial charge in [-0.15, -0.1) is 10.2 Å². The summed E-state index contributed by atoms with van der Waals surface area (Å²) in [4.78, 5) is 11.2. The lowest BCUT2D eigenvalue weighted by molar-refractivity contribution is -0.179. The topological polar surface area (TPSA) is 72.2 Å². The fraction of sp³-hybridized carbons (Fsp3) is 0.538. The maximum Gasteiger partial charge on any atom is 0.433 e. The molecule has 8 nitrogen and oxygen atoms in total. The van der Waals surface area contributed by atoms with Crippen molar-refractivity contribution < 1.29 is 26.7 Å². The van der Waals surface area contributed by atoms with Crippen LogP contribution >= 0.6 is 11.6 Å². The number of benzene rings is 1. The zero-order chi connectivity index (χ0) is 27.9. The fourth-order valence-corrected chi connectivity index (χ4v) is 6.56. The van der Waals surface area contributed by atoms with E-state index in [-0.39, 0.29) is 37.0 Å². The van der Waals surface area contributed by atoms with Gasteiger partial charge in [0, 0.05) is 42.2 Å². The first-order valence-corrected chi connectivity index (χ1v) is 13.4. The summed E-state index contributed by atoms with van der Waals surface area (Å²) < 4.78 is 76.0. The molecular weight excluding hydrogens is 557 g/mol. The molecule has 1 aromatic carbocycles. The molecule has 3 aromatic rings. The predicted octanol–water partition coefficient (Wildman–Crippen LogP) is 4.71. The van der Waals surface area contributed by atoms with Crippen molar-refractivity contribution in [1.29, 1.82) is 0 Å². The van der Waals surface area contributed by atoms with E-state index in [1.165, 1.54) is 0 Å². The average Bonchev–Trinajstić information content (AvgIpc) is 3.11. The van der Waals surface area contributed by atoms with Gasteiger partial charge >= 0.3 is 6.18 Å². The standard InChI is InChI=1S/C26H25ClF5N7O/c27-18-1-2-19-15(5-18)8-37(14-25(28,29)17-10-40-11-17)9-21-35-36-22(39(19)21)16-6-24(7-16)12-38(13-24)23-33-4-3-20(34-23)26(30,31)32/h1-5,16-17H,6-14H2. The van der Waals surface area contributed by atoms with Crippen LogP contribution in [-0.4, -0.2) is 68.4 Å². The van der Waals surface area contributed by atoms with Crippen LogP contribution in [0.2, 0.25) is 5.02 Å². The van der Waals surface area contributed by atoms with Crippen LogP contribution in [0.3, 0.4) is 0 Å². The van der Waals surface area contributed by atoms with Crippen molar-refractivity contribution >= 4 is 17.5 Å². The van der Waals surface area contributed by atoms with Gasteiger partial charge in [0.25, 0.3) is 5.92 Å². The van der Waals surface area contributed by atoms with Crippen LogP contribution < -0.4 is 4.90 Å². The summed E-state index contributed by atoms with van der Waals surface area (Å²) in [6.07, 6.45) is -1.82. The lowest BCUT2D eigenvalue weighted by Gasteiger charge is -2.58. The highest BCUT2D eigenvalue weighted by atomic mass is 35.5. The molecule has 0 N–H and O–H groups in total. The van der Waals surface area contributed by atoms with E-state index in [1.807, 2.05) is 10.6 Å². The summed E-state index contributed by atoms with van der Waals surface area (Å²) in [7, 11) is 0. The molecule has 1 spiro atoms. The summed E-state index contributed by atoms with van der Waals surface area (Å²) in [6.45, 7) is 1.32. The summed E-state index contributed by atoms with van der Waals surface area (Å²) in [6, 6.07) is 6.31. The van der Waals surface area contributed by atoms with E-state index in [0.29, 0.717) is 30.5 Å². The molecule has 3 aliphatic heterocycles. The summed E-state index contributed by atoms with van der Waals surface area (Å²) >= 11 is 6.30. The van der Waals surface area contributed by atoms with Gasteiger partial charge in [0.05, 0.1) is 37.9 Å². The average molecular weight is 582 g/mol. The lowest BCUT2D eigenvalue weighted by Crippen LogP contribution is -2.62. The molecule has 14 heteroatoms. The van der Waals surface area contributed by atoms with E-state index in [2.05, 4.69) is 20.2 Å². The van der Waals surface area contributed by atoms with Gasteiger partial charge < -0.3 is 9.64 Å². The minimum absolute atomic E-state index is 0.0544. The van der Waals surface area contributed by atoms with Crippen molar-refractivity contribution in [3.8, 4) is 5.69 Å². The van der Waals surface area contributed by atoms with Crippen molar-refractivity contribution in [3.63, 3.8) is 0 Å². The molecule has 40 heavy (non-hydrogen) atoms. The molecule has 3 fully saturated rings. The number of fused-ring (bicyclic) bond motifs is 3. The van der Waals surface area contributed by atoms with Crippen LogP contribution in [0.25, 0.3) is 5.69 Å². The van der Waals surface area contributed by atoms with Gasteiger partial charge in [-0.2, -0.15) is 13.2 Å². The monoisotopic (exact) mass is 581 g/mol. The van der Waals surface area contributed by atoms with E-state index in [9.17, 15) is 22.0 Å². The molecule has 2 saturated heterocycles. The molecule has 1 aliphatic carbocycles. The number of hydrogen-bond acceptors (Lipinski definition) is 7. The highest BCUT2D eigenvalue weighted by Crippen LogP contribution is 2.56. The SMILES string of the molecule is FC(F)(F)c1ccnc(N2CC3(CC(c4nnc5n4-c4ccc(Cl)cc4CN(CC(F)(F)C4COC4)C5)C3)C2)n1. The second kappa shape index (κ2) is 9.05. The molecule has 1 saturated carbocycles. The Bertz CT molecular complexity index is 1450. The molecule has 4 aliphatic rings. The number of rotatable bonds is 5. The molecule has 2 aromatic heterocycles. The number of anilines is 1.